The molecule has 8 heteroatoms. The minimum Gasteiger partial charge on any atom is -0.479 e. The predicted octanol–water partition coefficient (Wildman–Crippen LogP) is 1.55. The van der Waals surface area contributed by atoms with Gasteiger partial charge in [-0.3, -0.25) is 4.72 Å². The summed E-state index contributed by atoms with van der Waals surface area (Å²) >= 11 is 0. The van der Waals surface area contributed by atoms with E-state index in [1.54, 1.807) is 10.8 Å². The molecule has 0 bridgehead atoms. The topological polar surface area (TPSA) is 79.2 Å². The quantitative estimate of drug-likeness (QED) is 0.873. The Kier molecular flexibility index (Phi) is 4.23. The minimum atomic E-state index is -4.69. The van der Waals surface area contributed by atoms with E-state index in [0.29, 0.717) is 0 Å². The molecule has 0 saturated heterocycles. The highest BCUT2D eigenvalue weighted by Gasteiger charge is 2.23. The van der Waals surface area contributed by atoms with E-state index in [-0.39, 0.29) is 18.0 Å². The Bertz CT molecular complexity index is 525. The molecule has 0 aromatic heterocycles. The Balaban J connectivity index is 2.83. The number of nitrogens with zero attached hydrogens (tertiary/aromatic N) is 1. The second kappa shape index (κ2) is 5.45. The van der Waals surface area contributed by atoms with Crippen LogP contribution in [0, 0.1) is 11.3 Å². The number of ether oxygens (including phenoxy) is 1. The van der Waals surface area contributed by atoms with Crippen LogP contribution in [0.5, 0.6) is 5.75 Å². The first-order valence-electron chi connectivity index (χ1n) is 4.35. The molecule has 5 nitrogen and oxygen atoms in total. The van der Waals surface area contributed by atoms with E-state index >= 15 is 0 Å². The molecule has 0 atom stereocenters. The molecule has 1 aromatic rings. The summed E-state index contributed by atoms with van der Waals surface area (Å²) in [5.74, 6) is -3.30. The summed E-state index contributed by atoms with van der Waals surface area (Å²) in [5, 5.41) is 8.27. The first-order chi connectivity index (χ1) is 7.95. The number of anilines is 1. The van der Waals surface area contributed by atoms with Crippen LogP contribution in [0.1, 0.15) is 0 Å². The molecule has 0 heterocycles. The molecule has 0 saturated carbocycles. The van der Waals surface area contributed by atoms with Gasteiger partial charge in [0.1, 0.15) is 11.8 Å². The van der Waals surface area contributed by atoms with Crippen molar-refractivity contribution in [3.05, 3.63) is 24.3 Å². The molecule has 17 heavy (non-hydrogen) atoms. The van der Waals surface area contributed by atoms with Gasteiger partial charge in [0.25, 0.3) is 10.0 Å². The summed E-state index contributed by atoms with van der Waals surface area (Å²) in [6.07, 6.45) is 0. The highest BCUT2D eigenvalue weighted by Crippen LogP contribution is 2.19. The van der Waals surface area contributed by atoms with Gasteiger partial charge in [-0.15, -0.1) is 0 Å². The molecular weight excluding hydrogens is 254 g/mol. The van der Waals surface area contributed by atoms with Crippen LogP contribution in [-0.4, -0.2) is 20.8 Å². The maximum Gasteiger partial charge on any atom is 0.355 e. The lowest BCUT2D eigenvalue weighted by atomic mass is 10.3. The Morgan fingerprint density at radius 2 is 2.18 bits per heavy atom. The van der Waals surface area contributed by atoms with E-state index < -0.39 is 15.8 Å². The van der Waals surface area contributed by atoms with Crippen molar-refractivity contribution in [1.82, 2.24) is 0 Å². The third-order valence-corrected chi connectivity index (χ3v) is 2.62. The van der Waals surface area contributed by atoms with Gasteiger partial charge >= 0.3 is 5.76 Å². The van der Waals surface area contributed by atoms with Crippen LogP contribution in [0.25, 0.3) is 0 Å². The van der Waals surface area contributed by atoms with Crippen LogP contribution >= 0.6 is 0 Å². The van der Waals surface area contributed by atoms with Gasteiger partial charge in [-0.25, -0.2) is 8.42 Å². The van der Waals surface area contributed by atoms with Crippen LogP contribution < -0.4 is 9.46 Å². The molecule has 0 aliphatic rings. The van der Waals surface area contributed by atoms with Gasteiger partial charge in [-0.2, -0.15) is 14.0 Å². The number of benzene rings is 1. The standard InChI is InChI=1S/C9H8F2N2O3S/c10-9(11)17(14,15)13-7-2-1-3-8(6-7)16-5-4-12/h1-3,6,9,13H,5H2. The lowest BCUT2D eigenvalue weighted by Gasteiger charge is -2.08. The zero-order valence-electron chi connectivity index (χ0n) is 8.43. The summed E-state index contributed by atoms with van der Waals surface area (Å²) in [7, 11) is -4.69. The first kappa shape index (κ1) is 13.2. The van der Waals surface area contributed by atoms with E-state index in [2.05, 4.69) is 0 Å². The fourth-order valence-electron chi connectivity index (χ4n) is 0.974. The lowest BCUT2D eigenvalue weighted by Crippen LogP contribution is -2.20. The van der Waals surface area contributed by atoms with Gasteiger partial charge in [0.2, 0.25) is 0 Å². The van der Waals surface area contributed by atoms with Crippen molar-refractivity contribution in [3.8, 4) is 11.8 Å². The van der Waals surface area contributed by atoms with Gasteiger partial charge in [0.15, 0.2) is 6.61 Å². The van der Waals surface area contributed by atoms with Crippen LogP contribution in [-0.2, 0) is 10.0 Å². The summed E-state index contributed by atoms with van der Waals surface area (Å²) < 4.78 is 52.5. The van der Waals surface area contributed by atoms with Crippen molar-refractivity contribution in [1.29, 1.82) is 5.26 Å². The Labute approximate surface area is 96.7 Å². The Morgan fingerprint density at radius 1 is 1.47 bits per heavy atom. The van der Waals surface area contributed by atoms with Gasteiger partial charge in [0, 0.05) is 6.07 Å². The van der Waals surface area contributed by atoms with Crippen molar-refractivity contribution in [3.63, 3.8) is 0 Å². The zero-order valence-corrected chi connectivity index (χ0v) is 9.25. The number of hydrogen-bond acceptors (Lipinski definition) is 4. The van der Waals surface area contributed by atoms with E-state index in [1.165, 1.54) is 24.3 Å². The molecule has 1 aromatic carbocycles. The maximum atomic E-state index is 12.1. The monoisotopic (exact) mass is 262 g/mol. The number of rotatable bonds is 5. The van der Waals surface area contributed by atoms with Crippen LogP contribution in [0.3, 0.4) is 0 Å². The SMILES string of the molecule is N#CCOc1cccc(NS(=O)(=O)C(F)F)c1. The van der Waals surface area contributed by atoms with Crippen LogP contribution in [0.4, 0.5) is 14.5 Å². The van der Waals surface area contributed by atoms with E-state index in [4.69, 9.17) is 10.00 Å². The third kappa shape index (κ3) is 3.88. The second-order valence-corrected chi connectivity index (χ2v) is 4.53. The predicted molar refractivity (Wildman–Crippen MR) is 56.1 cm³/mol. The number of alkyl halides is 2. The highest BCUT2D eigenvalue weighted by molar-refractivity contribution is 7.93. The maximum absolute atomic E-state index is 12.1. The molecule has 0 fully saturated rings. The van der Waals surface area contributed by atoms with Crippen molar-refractivity contribution >= 4 is 15.7 Å². The number of nitrogens with one attached hydrogen (secondary N) is 1. The Hall–Kier alpha value is -1.88. The molecule has 0 unspecified atom stereocenters. The van der Waals surface area contributed by atoms with Crippen molar-refractivity contribution in [2.75, 3.05) is 11.3 Å². The Morgan fingerprint density at radius 3 is 2.76 bits per heavy atom. The zero-order chi connectivity index (χ0) is 12.9. The van der Waals surface area contributed by atoms with Crippen molar-refractivity contribution in [2.24, 2.45) is 0 Å². The van der Waals surface area contributed by atoms with Crippen molar-refractivity contribution < 1.29 is 21.9 Å². The fourth-order valence-corrected chi connectivity index (χ4v) is 1.52. The number of halogens is 2. The van der Waals surface area contributed by atoms with Crippen molar-refractivity contribution in [2.45, 2.75) is 5.76 Å². The first-order valence-corrected chi connectivity index (χ1v) is 5.90. The van der Waals surface area contributed by atoms with Gasteiger partial charge in [0.05, 0.1) is 5.69 Å². The summed E-state index contributed by atoms with van der Waals surface area (Å²) in [4.78, 5) is 0. The molecule has 1 N–H and O–H groups in total. The summed E-state index contributed by atoms with van der Waals surface area (Å²) in [5.41, 5.74) is -0.0549. The van der Waals surface area contributed by atoms with E-state index in [9.17, 15) is 17.2 Å². The molecule has 0 aliphatic heterocycles. The normalized spacial score (nSPS) is 10.9. The van der Waals surface area contributed by atoms with Gasteiger partial charge in [-0.1, -0.05) is 6.07 Å². The molecule has 1 rings (SSSR count). The van der Waals surface area contributed by atoms with Gasteiger partial charge < -0.3 is 4.74 Å². The smallest absolute Gasteiger partial charge is 0.355 e. The molecule has 0 amide bonds. The van der Waals surface area contributed by atoms with E-state index in [1.807, 2.05) is 0 Å². The van der Waals surface area contributed by atoms with Gasteiger partial charge in [-0.05, 0) is 12.1 Å². The molecular formula is C9H8F2N2O3S. The number of hydrogen-bond donors (Lipinski definition) is 1. The molecule has 0 spiro atoms. The molecule has 0 radical (unpaired) electrons. The lowest BCUT2D eigenvalue weighted by molar-refractivity contribution is 0.236. The molecule has 0 aliphatic carbocycles. The van der Waals surface area contributed by atoms with E-state index in [0.717, 1.165) is 0 Å². The summed E-state index contributed by atoms with van der Waals surface area (Å²) in [6.45, 7) is -0.217. The van der Waals surface area contributed by atoms with Crippen LogP contribution in [0.15, 0.2) is 24.3 Å². The number of sulfonamides is 1. The number of nitriles is 1. The average molecular weight is 262 g/mol. The summed E-state index contributed by atoms with van der Waals surface area (Å²) in [6, 6.07) is 7.10. The molecule has 92 valence electrons. The second-order valence-electron chi connectivity index (χ2n) is 2.88. The third-order valence-electron chi connectivity index (χ3n) is 1.63. The highest BCUT2D eigenvalue weighted by atomic mass is 32.2. The average Bonchev–Trinajstić information content (AvgIpc) is 2.26. The van der Waals surface area contributed by atoms with Crippen LogP contribution in [0.2, 0.25) is 0 Å². The largest absolute Gasteiger partial charge is 0.479 e. The minimum absolute atomic E-state index is 0.0549. The fraction of sp³-hybridized carbons (Fsp3) is 0.222.